The SMILES string of the molecule is O=C1NC(O)c2ccc3c4c(ccc1c24)C(=O)N(CCCCO)C3=O. The summed E-state index contributed by atoms with van der Waals surface area (Å²) in [7, 11) is 0. The maximum absolute atomic E-state index is 12.8. The minimum absolute atomic E-state index is 0.00209. The third kappa shape index (κ3) is 2.16. The van der Waals surface area contributed by atoms with Crippen LogP contribution in [0.4, 0.5) is 0 Å². The highest BCUT2D eigenvalue weighted by atomic mass is 16.3. The Bertz CT molecular complexity index is 914. The molecule has 0 spiro atoms. The topological polar surface area (TPSA) is 107 Å². The molecule has 7 heteroatoms. The smallest absolute Gasteiger partial charge is 0.261 e. The zero-order chi connectivity index (χ0) is 17.7. The van der Waals surface area contributed by atoms with Crippen LogP contribution in [0.1, 0.15) is 55.7 Å². The monoisotopic (exact) mass is 340 g/mol. The quantitative estimate of drug-likeness (QED) is 0.567. The molecular formula is C18H16N2O5. The van der Waals surface area contributed by atoms with E-state index in [0.29, 0.717) is 45.9 Å². The van der Waals surface area contributed by atoms with Gasteiger partial charge in [0.2, 0.25) is 0 Å². The van der Waals surface area contributed by atoms with Crippen molar-refractivity contribution in [1.82, 2.24) is 10.2 Å². The summed E-state index contributed by atoms with van der Waals surface area (Å²) < 4.78 is 0. The Morgan fingerprint density at radius 1 is 0.920 bits per heavy atom. The molecular weight excluding hydrogens is 324 g/mol. The summed E-state index contributed by atoms with van der Waals surface area (Å²) in [5, 5.41) is 22.3. The first-order valence-corrected chi connectivity index (χ1v) is 8.10. The Hall–Kier alpha value is -2.77. The maximum Gasteiger partial charge on any atom is 0.261 e. The molecule has 2 aliphatic rings. The minimum atomic E-state index is -1.17. The van der Waals surface area contributed by atoms with Crippen molar-refractivity contribution in [1.29, 1.82) is 0 Å². The van der Waals surface area contributed by atoms with E-state index in [9.17, 15) is 19.5 Å². The van der Waals surface area contributed by atoms with Gasteiger partial charge in [-0.3, -0.25) is 19.3 Å². The van der Waals surface area contributed by atoms with E-state index < -0.39 is 23.9 Å². The van der Waals surface area contributed by atoms with Gasteiger partial charge in [-0.15, -0.1) is 0 Å². The number of rotatable bonds is 4. The van der Waals surface area contributed by atoms with E-state index in [1.807, 2.05) is 0 Å². The summed E-state index contributed by atoms with van der Waals surface area (Å²) >= 11 is 0. The lowest BCUT2D eigenvalue weighted by Crippen LogP contribution is -2.42. The fourth-order valence-corrected chi connectivity index (χ4v) is 3.54. The van der Waals surface area contributed by atoms with Gasteiger partial charge in [0, 0.05) is 46.2 Å². The first-order chi connectivity index (χ1) is 12.0. The number of carbonyl (C=O) groups excluding carboxylic acids is 3. The second kappa shape index (κ2) is 5.65. The van der Waals surface area contributed by atoms with Gasteiger partial charge in [-0.25, -0.2) is 0 Å². The van der Waals surface area contributed by atoms with Gasteiger partial charge in [0.05, 0.1) is 0 Å². The van der Waals surface area contributed by atoms with Crippen molar-refractivity contribution >= 4 is 28.5 Å². The molecule has 128 valence electrons. The number of unbranched alkanes of at least 4 members (excludes halogenated alkanes) is 1. The highest BCUT2D eigenvalue weighted by molar-refractivity contribution is 6.28. The Kier molecular flexibility index (Phi) is 3.55. The predicted molar refractivity (Wildman–Crippen MR) is 88.1 cm³/mol. The Balaban J connectivity index is 1.92. The highest BCUT2D eigenvalue weighted by Crippen LogP contribution is 2.38. The number of amides is 3. The molecule has 0 aromatic heterocycles. The summed E-state index contributed by atoms with van der Waals surface area (Å²) in [6.45, 7) is 0.230. The molecule has 2 aromatic carbocycles. The van der Waals surface area contributed by atoms with Gasteiger partial charge in [0.1, 0.15) is 0 Å². The normalized spacial score (nSPS) is 18.7. The molecule has 4 rings (SSSR count). The molecule has 0 aliphatic carbocycles. The third-order valence-electron chi connectivity index (χ3n) is 4.74. The standard InChI is InChI=1S/C18H16N2O5/c21-8-2-1-7-20-17(24)11-5-3-9-13-10(16(23)19-15(9)22)4-6-12(14(11)13)18(20)25/h3-6,15,21-22H,1-2,7-8H2,(H,19,23). The van der Waals surface area contributed by atoms with Crippen molar-refractivity contribution in [3.05, 3.63) is 46.5 Å². The molecule has 1 unspecified atom stereocenters. The van der Waals surface area contributed by atoms with E-state index in [1.54, 1.807) is 24.3 Å². The van der Waals surface area contributed by atoms with Gasteiger partial charge in [-0.1, -0.05) is 6.07 Å². The van der Waals surface area contributed by atoms with Crippen molar-refractivity contribution in [2.75, 3.05) is 13.2 Å². The lowest BCUT2D eigenvalue weighted by atomic mass is 9.86. The maximum atomic E-state index is 12.8. The Morgan fingerprint density at radius 2 is 1.56 bits per heavy atom. The van der Waals surface area contributed by atoms with Crippen molar-refractivity contribution in [3.8, 4) is 0 Å². The number of carbonyl (C=O) groups is 3. The number of hydrogen-bond acceptors (Lipinski definition) is 5. The second-order valence-corrected chi connectivity index (χ2v) is 6.18. The minimum Gasteiger partial charge on any atom is -0.396 e. The van der Waals surface area contributed by atoms with Crippen LogP contribution >= 0.6 is 0 Å². The van der Waals surface area contributed by atoms with E-state index in [2.05, 4.69) is 5.32 Å². The first kappa shape index (κ1) is 15.7. The van der Waals surface area contributed by atoms with Crippen LogP contribution in [0.15, 0.2) is 24.3 Å². The number of nitrogens with zero attached hydrogens (tertiary/aromatic N) is 1. The van der Waals surface area contributed by atoms with Crippen LogP contribution < -0.4 is 5.32 Å². The molecule has 2 aliphatic heterocycles. The second-order valence-electron chi connectivity index (χ2n) is 6.18. The van der Waals surface area contributed by atoms with Crippen molar-refractivity contribution < 1.29 is 24.6 Å². The zero-order valence-corrected chi connectivity index (χ0v) is 13.3. The molecule has 0 saturated carbocycles. The van der Waals surface area contributed by atoms with Crippen molar-refractivity contribution in [3.63, 3.8) is 0 Å². The third-order valence-corrected chi connectivity index (χ3v) is 4.74. The molecule has 25 heavy (non-hydrogen) atoms. The van der Waals surface area contributed by atoms with E-state index in [-0.39, 0.29) is 13.2 Å². The van der Waals surface area contributed by atoms with Crippen LogP contribution in [0, 0.1) is 0 Å². The van der Waals surface area contributed by atoms with Crippen LogP contribution in [0.2, 0.25) is 0 Å². The number of hydrogen-bond donors (Lipinski definition) is 3. The van der Waals surface area contributed by atoms with Gasteiger partial charge in [0.25, 0.3) is 17.7 Å². The van der Waals surface area contributed by atoms with E-state index in [1.165, 1.54) is 4.90 Å². The molecule has 0 radical (unpaired) electrons. The largest absolute Gasteiger partial charge is 0.396 e. The average molecular weight is 340 g/mol. The molecule has 0 bridgehead atoms. The molecule has 2 aromatic rings. The van der Waals surface area contributed by atoms with Gasteiger partial charge >= 0.3 is 0 Å². The zero-order valence-electron chi connectivity index (χ0n) is 13.3. The number of nitrogens with one attached hydrogen (secondary N) is 1. The molecule has 0 fully saturated rings. The number of imide groups is 1. The molecule has 3 N–H and O–H groups in total. The first-order valence-electron chi connectivity index (χ1n) is 8.10. The molecule has 1 atom stereocenters. The Morgan fingerprint density at radius 3 is 2.24 bits per heavy atom. The van der Waals surface area contributed by atoms with E-state index in [4.69, 9.17) is 5.11 Å². The lowest BCUT2D eigenvalue weighted by Gasteiger charge is -2.30. The lowest BCUT2D eigenvalue weighted by molar-refractivity contribution is 0.0602. The van der Waals surface area contributed by atoms with Gasteiger partial charge < -0.3 is 15.5 Å². The predicted octanol–water partition coefficient (Wildman–Crippen LogP) is 0.943. The van der Waals surface area contributed by atoms with Crippen LogP contribution in [-0.4, -0.2) is 46.0 Å². The van der Waals surface area contributed by atoms with Gasteiger partial charge in [-0.2, -0.15) is 0 Å². The Labute approximate surface area is 142 Å². The van der Waals surface area contributed by atoms with Gasteiger partial charge in [-0.05, 0) is 31.0 Å². The van der Waals surface area contributed by atoms with Crippen molar-refractivity contribution in [2.24, 2.45) is 0 Å². The van der Waals surface area contributed by atoms with Crippen LogP contribution in [0.5, 0.6) is 0 Å². The van der Waals surface area contributed by atoms with Crippen molar-refractivity contribution in [2.45, 2.75) is 19.1 Å². The summed E-state index contributed by atoms with van der Waals surface area (Å²) in [5.41, 5.74) is 1.52. The fraction of sp³-hybridized carbons (Fsp3) is 0.278. The van der Waals surface area contributed by atoms with E-state index in [0.717, 1.165) is 0 Å². The molecule has 7 nitrogen and oxygen atoms in total. The molecule has 3 amide bonds. The number of aliphatic hydroxyl groups is 2. The van der Waals surface area contributed by atoms with Crippen LogP contribution in [-0.2, 0) is 0 Å². The molecule has 0 saturated heterocycles. The fourth-order valence-electron chi connectivity index (χ4n) is 3.54. The highest BCUT2D eigenvalue weighted by Gasteiger charge is 2.36. The summed E-state index contributed by atoms with van der Waals surface area (Å²) in [5.74, 6) is -1.27. The summed E-state index contributed by atoms with van der Waals surface area (Å²) in [4.78, 5) is 38.9. The van der Waals surface area contributed by atoms with Gasteiger partial charge in [0.15, 0.2) is 6.23 Å². The summed E-state index contributed by atoms with van der Waals surface area (Å²) in [6, 6.07) is 6.29. The van der Waals surface area contributed by atoms with Crippen LogP contribution in [0.3, 0.4) is 0 Å². The average Bonchev–Trinajstić information content (AvgIpc) is 2.60. The number of benzene rings is 2. The van der Waals surface area contributed by atoms with Crippen LogP contribution in [0.25, 0.3) is 10.8 Å². The molecule has 2 heterocycles. The van der Waals surface area contributed by atoms with E-state index >= 15 is 0 Å². The number of aliphatic hydroxyl groups excluding tert-OH is 2. The summed E-state index contributed by atoms with van der Waals surface area (Å²) in [6.07, 6.45) is -0.148.